The Morgan fingerprint density at radius 3 is 2.68 bits per heavy atom. The molecule has 0 radical (unpaired) electrons. The Hall–Kier alpha value is -2.39. The summed E-state index contributed by atoms with van der Waals surface area (Å²) in [5.74, 6) is 0.418. The molecule has 3 aromatic rings. The molecular formula is C18H13ClFNO. The van der Waals surface area contributed by atoms with Crippen LogP contribution in [0.15, 0.2) is 67.0 Å². The molecule has 4 heteroatoms. The van der Waals surface area contributed by atoms with Crippen LogP contribution in [-0.4, -0.2) is 4.98 Å². The largest absolute Gasteiger partial charge is 0.489 e. The molecule has 0 spiro atoms. The molecule has 1 aromatic heterocycles. The first-order valence-corrected chi connectivity index (χ1v) is 7.17. The number of ether oxygens (including phenoxy) is 1. The monoisotopic (exact) mass is 313 g/mol. The third kappa shape index (κ3) is 3.43. The molecule has 2 aromatic carbocycles. The predicted molar refractivity (Wildman–Crippen MR) is 85.4 cm³/mol. The van der Waals surface area contributed by atoms with Crippen LogP contribution in [0.25, 0.3) is 11.1 Å². The highest BCUT2D eigenvalue weighted by molar-refractivity contribution is 6.30. The summed E-state index contributed by atoms with van der Waals surface area (Å²) in [6.45, 7) is 0.343. The van der Waals surface area contributed by atoms with Crippen LogP contribution in [-0.2, 0) is 6.61 Å². The van der Waals surface area contributed by atoms with E-state index in [4.69, 9.17) is 16.3 Å². The quantitative estimate of drug-likeness (QED) is 0.667. The molecule has 0 bridgehead atoms. The topological polar surface area (TPSA) is 22.1 Å². The Kier molecular flexibility index (Phi) is 4.35. The second-order valence-corrected chi connectivity index (χ2v) is 5.24. The molecule has 110 valence electrons. The molecule has 2 nitrogen and oxygen atoms in total. The van der Waals surface area contributed by atoms with Crippen molar-refractivity contribution in [3.05, 3.63) is 83.4 Å². The molecule has 0 aliphatic rings. The molecule has 3 rings (SSSR count). The molecule has 0 saturated heterocycles. The van der Waals surface area contributed by atoms with Gasteiger partial charge in [-0.05, 0) is 30.3 Å². The van der Waals surface area contributed by atoms with Gasteiger partial charge in [0.1, 0.15) is 18.2 Å². The minimum atomic E-state index is -0.266. The maximum atomic E-state index is 13.8. The van der Waals surface area contributed by atoms with E-state index >= 15 is 0 Å². The van der Waals surface area contributed by atoms with Crippen molar-refractivity contribution in [1.82, 2.24) is 4.98 Å². The smallest absolute Gasteiger partial charge is 0.131 e. The van der Waals surface area contributed by atoms with Gasteiger partial charge in [-0.1, -0.05) is 35.9 Å². The highest BCUT2D eigenvalue weighted by atomic mass is 35.5. The number of pyridine rings is 1. The van der Waals surface area contributed by atoms with Crippen LogP contribution in [0.3, 0.4) is 0 Å². The van der Waals surface area contributed by atoms with Gasteiger partial charge in [-0.3, -0.25) is 4.98 Å². The van der Waals surface area contributed by atoms with Gasteiger partial charge in [0, 0.05) is 34.1 Å². The number of benzene rings is 2. The molecule has 0 aliphatic carbocycles. The van der Waals surface area contributed by atoms with Crippen molar-refractivity contribution in [2.24, 2.45) is 0 Å². The van der Waals surface area contributed by atoms with Crippen LogP contribution in [0, 0.1) is 5.82 Å². The summed E-state index contributed by atoms with van der Waals surface area (Å²) in [6.07, 6.45) is 3.34. The van der Waals surface area contributed by atoms with Crippen molar-refractivity contribution in [1.29, 1.82) is 0 Å². The number of rotatable bonds is 4. The Balaban J connectivity index is 1.79. The molecule has 0 aliphatic heterocycles. The van der Waals surface area contributed by atoms with Crippen LogP contribution in [0.5, 0.6) is 5.75 Å². The van der Waals surface area contributed by atoms with Crippen LogP contribution >= 0.6 is 11.6 Å². The highest BCUT2D eigenvalue weighted by Crippen LogP contribution is 2.23. The zero-order valence-corrected chi connectivity index (χ0v) is 12.4. The van der Waals surface area contributed by atoms with Crippen molar-refractivity contribution < 1.29 is 9.13 Å². The molecule has 22 heavy (non-hydrogen) atoms. The molecular weight excluding hydrogens is 301 g/mol. The second kappa shape index (κ2) is 6.58. The molecule has 0 N–H and O–H groups in total. The molecule has 0 amide bonds. The van der Waals surface area contributed by atoms with Crippen molar-refractivity contribution in [2.75, 3.05) is 0 Å². The van der Waals surface area contributed by atoms with E-state index in [0.717, 1.165) is 11.1 Å². The van der Waals surface area contributed by atoms with Gasteiger partial charge >= 0.3 is 0 Å². The van der Waals surface area contributed by atoms with Gasteiger partial charge < -0.3 is 4.74 Å². The molecule has 0 fully saturated rings. The third-order valence-corrected chi connectivity index (χ3v) is 3.42. The number of hydrogen-bond acceptors (Lipinski definition) is 2. The fraction of sp³-hybridized carbons (Fsp3) is 0.0556. The first-order chi connectivity index (χ1) is 10.7. The molecule has 1 heterocycles. The standard InChI is InChI=1S/C18H13ClFNO/c19-15-4-3-5-16(9-15)22-12-13-8-14(11-21-10-13)17-6-1-2-7-18(17)20/h1-11H,12H2. The van der Waals surface area contributed by atoms with Gasteiger partial charge in [-0.15, -0.1) is 0 Å². The third-order valence-electron chi connectivity index (χ3n) is 3.18. The first-order valence-electron chi connectivity index (χ1n) is 6.79. The predicted octanol–water partition coefficient (Wildman–Crippen LogP) is 5.12. The number of halogens is 2. The van der Waals surface area contributed by atoms with Gasteiger partial charge in [0.2, 0.25) is 0 Å². The summed E-state index contributed by atoms with van der Waals surface area (Å²) in [6, 6.07) is 15.7. The minimum Gasteiger partial charge on any atom is -0.489 e. The van der Waals surface area contributed by atoms with Gasteiger partial charge in [0.15, 0.2) is 0 Å². The van der Waals surface area contributed by atoms with Crippen LogP contribution in [0.4, 0.5) is 4.39 Å². The van der Waals surface area contributed by atoms with Crippen LogP contribution in [0.1, 0.15) is 5.56 Å². The van der Waals surface area contributed by atoms with Gasteiger partial charge in [-0.25, -0.2) is 4.39 Å². The van der Waals surface area contributed by atoms with Gasteiger partial charge in [-0.2, -0.15) is 0 Å². The van der Waals surface area contributed by atoms with E-state index in [0.29, 0.717) is 22.9 Å². The van der Waals surface area contributed by atoms with Gasteiger partial charge in [0.25, 0.3) is 0 Å². The molecule has 0 saturated carbocycles. The normalized spacial score (nSPS) is 10.5. The SMILES string of the molecule is Fc1ccccc1-c1cncc(COc2cccc(Cl)c2)c1. The van der Waals surface area contributed by atoms with E-state index < -0.39 is 0 Å². The Bertz CT molecular complexity index is 791. The lowest BCUT2D eigenvalue weighted by Gasteiger charge is -2.08. The van der Waals surface area contributed by atoms with E-state index in [2.05, 4.69) is 4.98 Å². The summed E-state index contributed by atoms with van der Waals surface area (Å²) in [5.41, 5.74) is 2.12. The Morgan fingerprint density at radius 1 is 1.00 bits per heavy atom. The van der Waals surface area contributed by atoms with Crippen molar-refractivity contribution in [3.8, 4) is 16.9 Å². The summed E-state index contributed by atoms with van der Waals surface area (Å²) in [5, 5.41) is 0.621. The second-order valence-electron chi connectivity index (χ2n) is 4.81. The highest BCUT2D eigenvalue weighted by Gasteiger charge is 2.06. The summed E-state index contributed by atoms with van der Waals surface area (Å²) in [7, 11) is 0. The number of aromatic nitrogens is 1. The van der Waals surface area contributed by atoms with Crippen LogP contribution < -0.4 is 4.74 Å². The first kappa shape index (κ1) is 14.5. The van der Waals surface area contributed by atoms with Gasteiger partial charge in [0.05, 0.1) is 0 Å². The molecule has 0 atom stereocenters. The summed E-state index contributed by atoms with van der Waals surface area (Å²) < 4.78 is 19.5. The maximum absolute atomic E-state index is 13.8. The fourth-order valence-electron chi connectivity index (χ4n) is 2.13. The van der Waals surface area contributed by atoms with E-state index in [9.17, 15) is 4.39 Å². The van der Waals surface area contributed by atoms with E-state index in [-0.39, 0.29) is 5.82 Å². The minimum absolute atomic E-state index is 0.266. The fourth-order valence-corrected chi connectivity index (χ4v) is 2.31. The van der Waals surface area contributed by atoms with E-state index in [1.807, 2.05) is 18.2 Å². The average Bonchev–Trinajstić information content (AvgIpc) is 2.54. The van der Waals surface area contributed by atoms with Crippen molar-refractivity contribution in [2.45, 2.75) is 6.61 Å². The average molecular weight is 314 g/mol. The number of hydrogen-bond donors (Lipinski definition) is 0. The Morgan fingerprint density at radius 2 is 1.86 bits per heavy atom. The van der Waals surface area contributed by atoms with Crippen molar-refractivity contribution >= 4 is 11.6 Å². The summed E-state index contributed by atoms with van der Waals surface area (Å²) >= 11 is 5.92. The lowest BCUT2D eigenvalue weighted by atomic mass is 10.1. The van der Waals surface area contributed by atoms with E-state index in [1.54, 1.807) is 42.7 Å². The van der Waals surface area contributed by atoms with Crippen LogP contribution in [0.2, 0.25) is 5.02 Å². The zero-order valence-electron chi connectivity index (χ0n) is 11.7. The lowest BCUT2D eigenvalue weighted by Crippen LogP contribution is -1.97. The zero-order chi connectivity index (χ0) is 15.4. The van der Waals surface area contributed by atoms with E-state index in [1.165, 1.54) is 6.07 Å². The maximum Gasteiger partial charge on any atom is 0.131 e. The lowest BCUT2D eigenvalue weighted by molar-refractivity contribution is 0.306. The molecule has 0 unspecified atom stereocenters. The van der Waals surface area contributed by atoms with Crippen molar-refractivity contribution in [3.63, 3.8) is 0 Å². The number of nitrogens with zero attached hydrogens (tertiary/aromatic N) is 1. The summed E-state index contributed by atoms with van der Waals surface area (Å²) in [4.78, 5) is 4.16. The Labute approximate surface area is 133 Å².